The minimum absolute atomic E-state index is 0.119. The average molecular weight is 394 g/mol. The van der Waals surface area contributed by atoms with Crippen LogP contribution in [0.3, 0.4) is 0 Å². The van der Waals surface area contributed by atoms with Crippen LogP contribution in [0.5, 0.6) is 0 Å². The third-order valence-corrected chi connectivity index (χ3v) is 6.81. The molecule has 0 atom stereocenters. The number of amides is 1. The molecular formula is C17H18N2O5S2. The molecular weight excluding hydrogens is 376 g/mol. The fourth-order valence-electron chi connectivity index (χ4n) is 2.63. The van der Waals surface area contributed by atoms with Crippen LogP contribution in [0.25, 0.3) is 0 Å². The molecule has 1 N–H and O–H groups in total. The first-order valence-corrected chi connectivity index (χ1v) is 10.4. The number of thiophene rings is 1. The van der Waals surface area contributed by atoms with Gasteiger partial charge in [0.1, 0.15) is 10.8 Å². The predicted molar refractivity (Wildman–Crippen MR) is 96.0 cm³/mol. The molecule has 1 aromatic heterocycles. The minimum atomic E-state index is -3.73. The van der Waals surface area contributed by atoms with E-state index in [0.29, 0.717) is 13.1 Å². The summed E-state index contributed by atoms with van der Waals surface area (Å²) < 4.78 is 31.0. The van der Waals surface area contributed by atoms with Gasteiger partial charge in [-0.1, -0.05) is 30.3 Å². The van der Waals surface area contributed by atoms with Gasteiger partial charge in [0.15, 0.2) is 6.61 Å². The van der Waals surface area contributed by atoms with E-state index in [0.717, 1.165) is 23.3 Å². The van der Waals surface area contributed by atoms with Crippen LogP contribution in [0.1, 0.15) is 11.1 Å². The Morgan fingerprint density at radius 3 is 2.65 bits per heavy atom. The Hall–Kier alpha value is -2.23. The Morgan fingerprint density at radius 2 is 1.92 bits per heavy atom. The van der Waals surface area contributed by atoms with Gasteiger partial charge in [0, 0.05) is 13.1 Å². The van der Waals surface area contributed by atoms with Crippen molar-refractivity contribution in [1.29, 1.82) is 0 Å². The van der Waals surface area contributed by atoms with E-state index in [1.54, 1.807) is 16.3 Å². The SMILES string of the molecule is O=C(CNS(=O)(=O)c1cccs1)OCC(=O)N1CCc2ccccc2C1. The van der Waals surface area contributed by atoms with Crippen LogP contribution in [0.2, 0.25) is 0 Å². The zero-order valence-corrected chi connectivity index (χ0v) is 15.5. The first-order valence-electron chi connectivity index (χ1n) is 7.99. The Balaban J connectivity index is 1.45. The highest BCUT2D eigenvalue weighted by Crippen LogP contribution is 2.18. The molecule has 9 heteroatoms. The van der Waals surface area contributed by atoms with Crippen LogP contribution in [0.15, 0.2) is 46.0 Å². The van der Waals surface area contributed by atoms with Gasteiger partial charge in [-0.3, -0.25) is 9.59 Å². The highest BCUT2D eigenvalue weighted by atomic mass is 32.2. The second kappa shape index (κ2) is 7.98. The zero-order chi connectivity index (χ0) is 18.6. The maximum absolute atomic E-state index is 12.2. The van der Waals surface area contributed by atoms with E-state index in [1.807, 2.05) is 24.3 Å². The highest BCUT2D eigenvalue weighted by molar-refractivity contribution is 7.91. The van der Waals surface area contributed by atoms with Gasteiger partial charge in [0.25, 0.3) is 15.9 Å². The van der Waals surface area contributed by atoms with Gasteiger partial charge in [0.05, 0.1) is 0 Å². The molecule has 0 bridgehead atoms. The van der Waals surface area contributed by atoms with E-state index in [-0.39, 0.29) is 10.1 Å². The van der Waals surface area contributed by atoms with Gasteiger partial charge in [-0.2, -0.15) is 4.72 Å². The topological polar surface area (TPSA) is 92.8 Å². The number of rotatable bonds is 6. The van der Waals surface area contributed by atoms with Crippen molar-refractivity contribution in [3.05, 3.63) is 52.9 Å². The first kappa shape index (κ1) is 18.6. The van der Waals surface area contributed by atoms with Gasteiger partial charge >= 0.3 is 5.97 Å². The number of esters is 1. The molecule has 3 rings (SSSR count). The molecule has 0 spiro atoms. The molecule has 2 aromatic rings. The molecule has 26 heavy (non-hydrogen) atoms. The van der Waals surface area contributed by atoms with Crippen molar-refractivity contribution in [1.82, 2.24) is 9.62 Å². The van der Waals surface area contributed by atoms with Gasteiger partial charge in [-0.15, -0.1) is 11.3 Å². The molecule has 0 saturated heterocycles. The molecule has 1 amide bonds. The summed E-state index contributed by atoms with van der Waals surface area (Å²) in [5, 5.41) is 1.63. The predicted octanol–water partition coefficient (Wildman–Crippen LogP) is 1.15. The number of sulfonamides is 1. The summed E-state index contributed by atoms with van der Waals surface area (Å²) in [6, 6.07) is 10.9. The van der Waals surface area contributed by atoms with Crippen LogP contribution in [0.4, 0.5) is 0 Å². The van der Waals surface area contributed by atoms with E-state index in [9.17, 15) is 18.0 Å². The molecule has 1 aliphatic heterocycles. The quantitative estimate of drug-likeness (QED) is 0.742. The lowest BCUT2D eigenvalue weighted by Crippen LogP contribution is -2.39. The van der Waals surface area contributed by atoms with Crippen LogP contribution in [0, 0.1) is 0 Å². The smallest absolute Gasteiger partial charge is 0.321 e. The lowest BCUT2D eigenvalue weighted by Gasteiger charge is -2.28. The van der Waals surface area contributed by atoms with Gasteiger partial charge in [0.2, 0.25) is 0 Å². The molecule has 0 aliphatic carbocycles. The molecule has 138 valence electrons. The van der Waals surface area contributed by atoms with Crippen LogP contribution in [-0.4, -0.2) is 44.9 Å². The Morgan fingerprint density at radius 1 is 1.15 bits per heavy atom. The summed E-state index contributed by atoms with van der Waals surface area (Å²) in [7, 11) is -3.73. The van der Waals surface area contributed by atoms with E-state index in [2.05, 4.69) is 4.72 Å². The lowest BCUT2D eigenvalue weighted by molar-refractivity contribution is -0.151. The highest BCUT2D eigenvalue weighted by Gasteiger charge is 2.22. The molecule has 7 nitrogen and oxygen atoms in total. The Kier molecular flexibility index (Phi) is 5.70. The minimum Gasteiger partial charge on any atom is -0.455 e. The van der Waals surface area contributed by atoms with Gasteiger partial charge in [-0.05, 0) is 29.0 Å². The maximum atomic E-state index is 12.2. The second-order valence-electron chi connectivity index (χ2n) is 5.75. The first-order chi connectivity index (χ1) is 12.5. The largest absolute Gasteiger partial charge is 0.455 e. The summed E-state index contributed by atoms with van der Waals surface area (Å²) in [5.74, 6) is -1.09. The van der Waals surface area contributed by atoms with E-state index in [4.69, 9.17) is 4.74 Å². The van der Waals surface area contributed by atoms with E-state index in [1.165, 1.54) is 11.6 Å². The normalized spacial score (nSPS) is 13.9. The fourth-order valence-corrected chi connectivity index (χ4v) is 4.64. The third-order valence-electron chi connectivity index (χ3n) is 4.01. The molecule has 1 aromatic carbocycles. The van der Waals surface area contributed by atoms with Gasteiger partial charge in [-0.25, -0.2) is 8.42 Å². The average Bonchev–Trinajstić information content (AvgIpc) is 3.20. The van der Waals surface area contributed by atoms with E-state index < -0.39 is 29.1 Å². The number of ether oxygens (including phenoxy) is 1. The Labute approximate surface area is 155 Å². The van der Waals surface area contributed by atoms with Crippen molar-refractivity contribution in [3.8, 4) is 0 Å². The van der Waals surface area contributed by atoms with Crippen molar-refractivity contribution < 1.29 is 22.7 Å². The number of benzene rings is 1. The molecule has 0 radical (unpaired) electrons. The number of carbonyl (C=O) groups excluding carboxylic acids is 2. The number of hydrogen-bond donors (Lipinski definition) is 1. The van der Waals surface area contributed by atoms with Crippen molar-refractivity contribution in [2.45, 2.75) is 17.2 Å². The molecule has 0 saturated carbocycles. The Bertz CT molecular complexity index is 894. The molecule has 1 aliphatic rings. The lowest BCUT2D eigenvalue weighted by atomic mass is 10.00. The summed E-state index contributed by atoms with van der Waals surface area (Å²) >= 11 is 1.05. The fraction of sp³-hybridized carbons (Fsp3) is 0.294. The van der Waals surface area contributed by atoms with Crippen LogP contribution >= 0.6 is 11.3 Å². The standard InChI is InChI=1S/C17H18N2O5S2/c20-15(19-8-7-13-4-1-2-5-14(13)11-19)12-24-16(21)10-18-26(22,23)17-6-3-9-25-17/h1-6,9,18H,7-8,10-12H2. The number of nitrogens with zero attached hydrogens (tertiary/aromatic N) is 1. The molecule has 2 heterocycles. The molecule has 0 unspecified atom stereocenters. The summed E-state index contributed by atoms with van der Waals surface area (Å²) in [4.78, 5) is 25.6. The van der Waals surface area contributed by atoms with Gasteiger partial charge < -0.3 is 9.64 Å². The van der Waals surface area contributed by atoms with Crippen LogP contribution < -0.4 is 4.72 Å². The maximum Gasteiger partial charge on any atom is 0.321 e. The van der Waals surface area contributed by atoms with Crippen LogP contribution in [-0.2, 0) is 37.3 Å². The van der Waals surface area contributed by atoms with Crippen molar-refractivity contribution in [3.63, 3.8) is 0 Å². The number of hydrogen-bond acceptors (Lipinski definition) is 6. The zero-order valence-electron chi connectivity index (χ0n) is 13.9. The van der Waals surface area contributed by atoms with E-state index >= 15 is 0 Å². The number of nitrogens with one attached hydrogen (secondary N) is 1. The number of carbonyl (C=O) groups is 2. The summed E-state index contributed by atoms with van der Waals surface area (Å²) in [5.41, 5.74) is 2.30. The van der Waals surface area contributed by atoms with Crippen molar-refractivity contribution in [2.24, 2.45) is 0 Å². The van der Waals surface area contributed by atoms with Crippen molar-refractivity contribution in [2.75, 3.05) is 19.7 Å². The molecule has 0 fully saturated rings. The second-order valence-corrected chi connectivity index (χ2v) is 8.69. The number of fused-ring (bicyclic) bond motifs is 1. The summed E-state index contributed by atoms with van der Waals surface area (Å²) in [6.07, 6.45) is 0.760. The third kappa shape index (κ3) is 4.48. The monoisotopic (exact) mass is 394 g/mol. The summed E-state index contributed by atoms with van der Waals surface area (Å²) in [6.45, 7) is 0.133. The van der Waals surface area contributed by atoms with Crippen molar-refractivity contribution >= 4 is 33.2 Å².